The van der Waals surface area contributed by atoms with E-state index in [1.807, 2.05) is 13.1 Å². The molecule has 1 saturated carbocycles. The summed E-state index contributed by atoms with van der Waals surface area (Å²) in [6, 6.07) is 15.9. The summed E-state index contributed by atoms with van der Waals surface area (Å²) in [5.41, 5.74) is 7.26. The molecule has 2 aromatic carbocycles. The van der Waals surface area contributed by atoms with Crippen molar-refractivity contribution in [3.05, 3.63) is 59.8 Å². The van der Waals surface area contributed by atoms with Crippen molar-refractivity contribution in [3.8, 4) is 22.4 Å². The predicted molar refractivity (Wildman–Crippen MR) is 116 cm³/mol. The van der Waals surface area contributed by atoms with Gasteiger partial charge < -0.3 is 5.11 Å². The molecule has 152 valence electrons. The van der Waals surface area contributed by atoms with Gasteiger partial charge in [-0.1, -0.05) is 60.2 Å². The van der Waals surface area contributed by atoms with E-state index in [4.69, 9.17) is 0 Å². The van der Waals surface area contributed by atoms with Gasteiger partial charge in [-0.15, -0.1) is 5.10 Å². The molecule has 5 heteroatoms. The molecular formula is C24H30N4O. The molecule has 1 aliphatic rings. The minimum atomic E-state index is -0.424. The molecule has 0 saturated heterocycles. The Morgan fingerprint density at radius 3 is 2.59 bits per heavy atom. The highest BCUT2D eigenvalue weighted by Crippen LogP contribution is 2.34. The van der Waals surface area contributed by atoms with Crippen LogP contribution in [-0.4, -0.2) is 32.4 Å². The van der Waals surface area contributed by atoms with Crippen LogP contribution in [0.15, 0.2) is 48.7 Å². The number of aryl methyl sites for hydroxylation is 2. The monoisotopic (exact) mass is 390 g/mol. The smallest absolute Gasteiger partial charge is 0.104 e. The Hall–Kier alpha value is -2.50. The van der Waals surface area contributed by atoms with Gasteiger partial charge in [-0.3, -0.25) is 5.32 Å². The fraction of sp³-hybridized carbons (Fsp3) is 0.417. The van der Waals surface area contributed by atoms with E-state index in [1.165, 1.54) is 22.3 Å². The van der Waals surface area contributed by atoms with E-state index in [0.717, 1.165) is 36.9 Å². The fourth-order valence-corrected chi connectivity index (χ4v) is 4.40. The first-order valence-corrected chi connectivity index (χ1v) is 10.6. The SMILES string of the molecule is CCC(O)NC1CCC(n2nncc2-c2ccc(-c3ccc(C)cc3C)cc2)C1. The average molecular weight is 391 g/mol. The second-order valence-corrected chi connectivity index (χ2v) is 8.21. The number of nitrogens with zero attached hydrogens (tertiary/aromatic N) is 3. The van der Waals surface area contributed by atoms with Crippen LogP contribution >= 0.6 is 0 Å². The summed E-state index contributed by atoms with van der Waals surface area (Å²) in [5.74, 6) is 0. The Kier molecular flexibility index (Phi) is 5.79. The van der Waals surface area contributed by atoms with Gasteiger partial charge in [-0.2, -0.15) is 0 Å². The van der Waals surface area contributed by atoms with Crippen molar-refractivity contribution in [2.24, 2.45) is 0 Å². The zero-order chi connectivity index (χ0) is 20.4. The van der Waals surface area contributed by atoms with Crippen LogP contribution in [0.2, 0.25) is 0 Å². The molecule has 0 aliphatic heterocycles. The molecular weight excluding hydrogens is 360 g/mol. The molecule has 29 heavy (non-hydrogen) atoms. The molecule has 3 atom stereocenters. The second kappa shape index (κ2) is 8.47. The first kappa shape index (κ1) is 19.8. The molecule has 4 rings (SSSR count). The van der Waals surface area contributed by atoms with Crippen molar-refractivity contribution in [1.29, 1.82) is 0 Å². The normalized spacial score (nSPS) is 20.1. The molecule has 3 aromatic rings. The van der Waals surface area contributed by atoms with Gasteiger partial charge >= 0.3 is 0 Å². The Morgan fingerprint density at radius 1 is 1.10 bits per heavy atom. The van der Waals surface area contributed by atoms with E-state index in [2.05, 4.69) is 76.6 Å². The van der Waals surface area contributed by atoms with Gasteiger partial charge in [0.05, 0.1) is 17.9 Å². The van der Waals surface area contributed by atoms with Crippen LogP contribution in [0.4, 0.5) is 0 Å². The van der Waals surface area contributed by atoms with E-state index in [9.17, 15) is 5.11 Å². The number of nitrogens with one attached hydrogen (secondary N) is 1. The highest BCUT2D eigenvalue weighted by molar-refractivity contribution is 5.71. The van der Waals surface area contributed by atoms with Gasteiger partial charge in [0.15, 0.2) is 0 Å². The number of benzene rings is 2. The van der Waals surface area contributed by atoms with Crippen LogP contribution < -0.4 is 5.32 Å². The van der Waals surface area contributed by atoms with Crippen molar-refractivity contribution < 1.29 is 5.11 Å². The van der Waals surface area contributed by atoms with Gasteiger partial charge in [-0.05, 0) is 56.2 Å². The van der Waals surface area contributed by atoms with Crippen molar-refractivity contribution in [1.82, 2.24) is 20.3 Å². The van der Waals surface area contributed by atoms with Crippen molar-refractivity contribution in [2.45, 2.75) is 64.8 Å². The minimum absolute atomic E-state index is 0.313. The number of hydrogen-bond acceptors (Lipinski definition) is 4. The number of rotatable bonds is 6. The maximum Gasteiger partial charge on any atom is 0.104 e. The first-order chi connectivity index (χ1) is 14.0. The molecule has 0 amide bonds. The van der Waals surface area contributed by atoms with Gasteiger partial charge in [-0.25, -0.2) is 4.68 Å². The van der Waals surface area contributed by atoms with Gasteiger partial charge in [0.25, 0.3) is 0 Å². The van der Waals surface area contributed by atoms with E-state index >= 15 is 0 Å². The maximum absolute atomic E-state index is 9.88. The molecule has 0 bridgehead atoms. The summed E-state index contributed by atoms with van der Waals surface area (Å²) >= 11 is 0. The highest BCUT2D eigenvalue weighted by atomic mass is 16.3. The Labute approximate surface area is 172 Å². The molecule has 5 nitrogen and oxygen atoms in total. The van der Waals surface area contributed by atoms with Crippen molar-refractivity contribution in [3.63, 3.8) is 0 Å². The second-order valence-electron chi connectivity index (χ2n) is 8.21. The molecule has 2 N–H and O–H groups in total. The third-order valence-corrected chi connectivity index (χ3v) is 6.01. The zero-order valence-electron chi connectivity index (χ0n) is 17.5. The fourth-order valence-electron chi connectivity index (χ4n) is 4.40. The molecule has 1 aliphatic carbocycles. The first-order valence-electron chi connectivity index (χ1n) is 10.6. The Balaban J connectivity index is 1.53. The number of aliphatic hydroxyl groups excluding tert-OH is 1. The summed E-state index contributed by atoms with van der Waals surface area (Å²) in [6.07, 6.45) is 5.22. The third kappa shape index (κ3) is 4.26. The average Bonchev–Trinajstić information content (AvgIpc) is 3.37. The summed E-state index contributed by atoms with van der Waals surface area (Å²) in [6.45, 7) is 6.27. The Bertz CT molecular complexity index is 963. The van der Waals surface area contributed by atoms with E-state index in [-0.39, 0.29) is 0 Å². The van der Waals surface area contributed by atoms with Crippen LogP contribution in [0.25, 0.3) is 22.4 Å². The number of aliphatic hydroxyl groups is 1. The molecule has 1 fully saturated rings. The third-order valence-electron chi connectivity index (χ3n) is 6.01. The predicted octanol–water partition coefficient (Wildman–Crippen LogP) is 4.64. The largest absolute Gasteiger partial charge is 0.379 e. The van der Waals surface area contributed by atoms with E-state index in [0.29, 0.717) is 12.1 Å². The summed E-state index contributed by atoms with van der Waals surface area (Å²) in [7, 11) is 0. The lowest BCUT2D eigenvalue weighted by atomic mass is 9.97. The highest BCUT2D eigenvalue weighted by Gasteiger charge is 2.29. The van der Waals surface area contributed by atoms with E-state index in [1.54, 1.807) is 0 Å². The minimum Gasteiger partial charge on any atom is -0.379 e. The van der Waals surface area contributed by atoms with Gasteiger partial charge in [0.2, 0.25) is 0 Å². The molecule has 3 unspecified atom stereocenters. The van der Waals surface area contributed by atoms with Crippen molar-refractivity contribution >= 4 is 0 Å². The lowest BCUT2D eigenvalue weighted by molar-refractivity contribution is 0.118. The molecule has 0 radical (unpaired) electrons. The lowest BCUT2D eigenvalue weighted by Crippen LogP contribution is -2.36. The quantitative estimate of drug-likeness (QED) is 0.602. The maximum atomic E-state index is 9.88. The Morgan fingerprint density at radius 2 is 1.86 bits per heavy atom. The van der Waals surface area contributed by atoms with E-state index < -0.39 is 6.23 Å². The molecule has 1 aromatic heterocycles. The van der Waals surface area contributed by atoms with Crippen LogP contribution in [0.5, 0.6) is 0 Å². The number of hydrogen-bond donors (Lipinski definition) is 2. The lowest BCUT2D eigenvalue weighted by Gasteiger charge is -2.18. The zero-order valence-corrected chi connectivity index (χ0v) is 17.5. The molecule has 0 spiro atoms. The summed E-state index contributed by atoms with van der Waals surface area (Å²) in [4.78, 5) is 0. The van der Waals surface area contributed by atoms with Crippen LogP contribution in [0.3, 0.4) is 0 Å². The standard InChI is InChI=1S/C24H30N4O/c1-4-24(29)26-20-10-11-21(14-20)28-23(15-25-27-28)19-8-6-18(7-9-19)22-12-5-16(2)13-17(22)3/h5-9,12-13,15,20-21,24,26,29H,4,10-11,14H2,1-3H3. The van der Waals surface area contributed by atoms with Crippen LogP contribution in [-0.2, 0) is 0 Å². The molecule has 1 heterocycles. The van der Waals surface area contributed by atoms with Gasteiger partial charge in [0.1, 0.15) is 6.23 Å². The van der Waals surface area contributed by atoms with Crippen LogP contribution in [0, 0.1) is 13.8 Å². The van der Waals surface area contributed by atoms with Crippen molar-refractivity contribution in [2.75, 3.05) is 0 Å². The van der Waals surface area contributed by atoms with Crippen LogP contribution in [0.1, 0.15) is 49.8 Å². The summed E-state index contributed by atoms with van der Waals surface area (Å²) < 4.78 is 2.06. The number of aromatic nitrogens is 3. The van der Waals surface area contributed by atoms with Gasteiger partial charge in [0, 0.05) is 11.6 Å². The topological polar surface area (TPSA) is 63.0 Å². The summed E-state index contributed by atoms with van der Waals surface area (Å²) in [5, 5.41) is 21.8.